The molecule has 4 aliphatic heterocycles. The van der Waals surface area contributed by atoms with Crippen molar-refractivity contribution in [2.45, 2.75) is 24.2 Å². The first-order valence-electron chi connectivity index (χ1n) is 13.3. The van der Waals surface area contributed by atoms with Crippen LogP contribution in [-0.2, 0) is 0 Å². The maximum Gasteiger partial charge on any atom is 0.352 e. The van der Waals surface area contributed by atoms with Crippen LogP contribution in [0, 0.1) is 34.5 Å². The zero-order valence-electron chi connectivity index (χ0n) is 19.9. The Hall–Kier alpha value is -4.34. The van der Waals surface area contributed by atoms with Crippen LogP contribution in [0.25, 0.3) is 11.4 Å². The molecule has 5 aliphatic carbocycles. The predicted molar refractivity (Wildman–Crippen MR) is 133 cm³/mol. The van der Waals surface area contributed by atoms with Crippen LogP contribution in [0.15, 0.2) is 92.0 Å². The Morgan fingerprint density at radius 1 is 0.500 bits per heavy atom. The minimum atomic E-state index is -0.339. The third kappa shape index (κ3) is 1.33. The highest BCUT2D eigenvalue weighted by atomic mass is 16.2. The fourth-order valence-electron chi connectivity index (χ4n) is 11.3. The number of rotatable bonds is 2. The number of para-hydroxylation sites is 2. The summed E-state index contributed by atoms with van der Waals surface area (Å²) >= 11 is 0. The van der Waals surface area contributed by atoms with Gasteiger partial charge in [-0.05, 0) is 47.9 Å². The van der Waals surface area contributed by atoms with Gasteiger partial charge in [-0.3, -0.25) is 0 Å². The molecule has 9 aliphatic rings. The van der Waals surface area contributed by atoms with Gasteiger partial charge in [0, 0.05) is 10.8 Å². The van der Waals surface area contributed by atoms with Gasteiger partial charge in [0.05, 0.1) is 35.5 Å². The lowest BCUT2D eigenvalue weighted by Gasteiger charge is -3.03. The van der Waals surface area contributed by atoms with Gasteiger partial charge in [0.1, 0.15) is 0 Å². The highest BCUT2D eigenvalue weighted by Gasteiger charge is 3.06. The Morgan fingerprint density at radius 2 is 0.868 bits per heavy atom. The van der Waals surface area contributed by atoms with Crippen molar-refractivity contribution in [1.29, 1.82) is 0 Å². The lowest BCUT2D eigenvalue weighted by atomic mass is 9.03. The van der Waals surface area contributed by atoms with Crippen LogP contribution in [-0.4, -0.2) is 27.9 Å². The van der Waals surface area contributed by atoms with E-state index in [0.29, 0.717) is 35.0 Å². The maximum absolute atomic E-state index is 13.9. The van der Waals surface area contributed by atoms with E-state index in [1.54, 1.807) is 43.0 Å². The summed E-state index contributed by atoms with van der Waals surface area (Å²) in [5, 5.41) is 0. The van der Waals surface area contributed by atoms with E-state index in [9.17, 15) is 19.2 Å². The lowest BCUT2D eigenvalue weighted by molar-refractivity contribution is -0.575. The van der Waals surface area contributed by atoms with E-state index < -0.39 is 0 Å². The minimum Gasteiger partial charge on any atom is -0.245 e. The van der Waals surface area contributed by atoms with E-state index >= 15 is 0 Å². The van der Waals surface area contributed by atoms with E-state index in [-0.39, 0.29) is 57.8 Å². The van der Waals surface area contributed by atoms with Crippen molar-refractivity contribution in [3.8, 4) is 11.4 Å². The summed E-state index contributed by atoms with van der Waals surface area (Å²) in [4.78, 5) is 55.6. The molecular formula is C28H20N6O4. The first-order valence-corrected chi connectivity index (χ1v) is 13.3. The Bertz CT molecular complexity index is 1950. The molecule has 4 bridgehead atoms. The van der Waals surface area contributed by atoms with Gasteiger partial charge in [-0.1, -0.05) is 48.6 Å². The van der Waals surface area contributed by atoms with E-state index in [1.807, 2.05) is 36.4 Å². The number of benzene rings is 2. The molecule has 0 N–H and O–H groups in total. The largest absolute Gasteiger partial charge is 0.352 e. The fourth-order valence-corrected chi connectivity index (χ4v) is 11.3. The number of allylic oxidation sites excluding steroid dienone is 2. The molecular weight excluding hydrogens is 484 g/mol. The second kappa shape index (κ2) is 5.16. The Labute approximate surface area is 212 Å². The number of aromatic nitrogens is 6. The molecule has 4 saturated carbocycles. The van der Waals surface area contributed by atoms with E-state index in [2.05, 4.69) is 12.2 Å². The number of hydrogen-bond donors (Lipinski definition) is 0. The molecule has 2 spiro atoms. The summed E-state index contributed by atoms with van der Waals surface area (Å²) in [7, 11) is 0. The highest BCUT2D eigenvalue weighted by Crippen LogP contribution is 3.06. The van der Waals surface area contributed by atoms with Crippen LogP contribution in [0.3, 0.4) is 0 Å². The van der Waals surface area contributed by atoms with Crippen molar-refractivity contribution < 1.29 is 0 Å². The molecule has 0 radical (unpaired) electrons. The van der Waals surface area contributed by atoms with Gasteiger partial charge in [-0.15, -0.1) is 0 Å². The van der Waals surface area contributed by atoms with Crippen LogP contribution in [0.1, 0.15) is 24.2 Å². The summed E-state index contributed by atoms with van der Waals surface area (Å²) in [5.41, 5.74) is -0.802. The summed E-state index contributed by atoms with van der Waals surface area (Å²) in [6.45, 7) is 0. The van der Waals surface area contributed by atoms with Crippen molar-refractivity contribution in [1.82, 2.24) is 27.9 Å². The van der Waals surface area contributed by atoms with Gasteiger partial charge >= 0.3 is 22.8 Å². The molecule has 186 valence electrons. The Morgan fingerprint density at radius 3 is 1.26 bits per heavy atom. The molecule has 0 unspecified atom stereocenters. The SMILES string of the molecule is O=c1n(-c2ccccc2)c(=O)n2n1[C@H]1C=C[C@H]2[C@@]23[C@@H]4[C@H]5[C@H]6[C@H]4[C@@]12[C@@H]6n1c(=O)n(-c2ccccc2)c(=O)n1[C@@H]53. The minimum absolute atomic E-state index is 0.147. The molecule has 6 heterocycles. The first-order chi connectivity index (χ1) is 18.6. The number of hydrogen-bond acceptors (Lipinski definition) is 4. The molecule has 0 saturated heterocycles. The third-order valence-corrected chi connectivity index (χ3v) is 11.8. The second-order valence-corrected chi connectivity index (χ2v) is 12.1. The third-order valence-electron chi connectivity index (χ3n) is 11.8. The van der Waals surface area contributed by atoms with Crippen LogP contribution in [0.4, 0.5) is 0 Å². The lowest BCUT2D eigenvalue weighted by Crippen LogP contribution is -3.04. The van der Waals surface area contributed by atoms with Gasteiger partial charge in [0.2, 0.25) is 0 Å². The normalized spacial score (nSPS) is 41.7. The zero-order valence-corrected chi connectivity index (χ0v) is 19.9. The monoisotopic (exact) mass is 504 g/mol. The standard InChI is InChI=1S/C28H20N6O4/c35-23-29(13-7-3-1-4-8-13)24(36)32-16-12-11-15(31(23)32)27-19-17-18-20(19)28(16,27)22(18)34-26(38)30(14-9-5-2-6-10-14)25(37)33(34)21(17)27/h1-12,15-22H/t15-,16-,17-,18+,19+,20+,21+,22-,27+,28-/m0/s1. The van der Waals surface area contributed by atoms with Crippen LogP contribution in [0.5, 0.6) is 0 Å². The van der Waals surface area contributed by atoms with Gasteiger partial charge in [-0.2, -0.15) is 0 Å². The summed E-state index contributed by atoms with van der Waals surface area (Å²) in [5.74, 6) is 1.57. The topological polar surface area (TPSA) is 97.9 Å². The molecule has 10 nitrogen and oxygen atoms in total. The average Bonchev–Trinajstić information content (AvgIpc) is 3.34. The van der Waals surface area contributed by atoms with E-state index in [4.69, 9.17) is 0 Å². The second-order valence-electron chi connectivity index (χ2n) is 12.1. The molecule has 2 aromatic heterocycles. The smallest absolute Gasteiger partial charge is 0.245 e. The fraction of sp³-hybridized carbons (Fsp3) is 0.357. The molecule has 2 aromatic carbocycles. The van der Waals surface area contributed by atoms with Crippen LogP contribution in [0.2, 0.25) is 0 Å². The molecule has 13 rings (SSSR count). The maximum atomic E-state index is 13.9. The van der Waals surface area contributed by atoms with Crippen molar-refractivity contribution in [3.05, 3.63) is 115 Å². The van der Waals surface area contributed by atoms with Crippen LogP contribution < -0.4 is 22.8 Å². The quantitative estimate of drug-likeness (QED) is 0.379. The van der Waals surface area contributed by atoms with Gasteiger partial charge in [0.15, 0.2) is 0 Å². The van der Waals surface area contributed by atoms with Crippen molar-refractivity contribution in [2.75, 3.05) is 0 Å². The number of nitrogens with zero attached hydrogens (tertiary/aromatic N) is 6. The molecule has 4 fully saturated rings. The molecule has 0 amide bonds. The molecule has 10 atom stereocenters. The Kier molecular flexibility index (Phi) is 2.56. The summed E-state index contributed by atoms with van der Waals surface area (Å²) < 4.78 is 9.38. The highest BCUT2D eigenvalue weighted by molar-refractivity contribution is 5.55. The zero-order chi connectivity index (χ0) is 25.0. The van der Waals surface area contributed by atoms with Gasteiger partial charge in [-0.25, -0.2) is 47.0 Å². The summed E-state index contributed by atoms with van der Waals surface area (Å²) in [6, 6.07) is 17.2. The molecule has 38 heavy (non-hydrogen) atoms. The summed E-state index contributed by atoms with van der Waals surface area (Å²) in [6.07, 6.45) is 4.20. The van der Waals surface area contributed by atoms with Gasteiger partial charge in [0.25, 0.3) is 0 Å². The average molecular weight is 505 g/mol. The van der Waals surface area contributed by atoms with E-state index in [0.717, 1.165) is 0 Å². The Balaban J connectivity index is 1.21. The van der Waals surface area contributed by atoms with Crippen molar-refractivity contribution in [3.63, 3.8) is 0 Å². The molecule has 10 heteroatoms. The molecule has 4 aromatic rings. The van der Waals surface area contributed by atoms with Crippen LogP contribution >= 0.6 is 0 Å². The van der Waals surface area contributed by atoms with E-state index in [1.165, 1.54) is 9.13 Å². The van der Waals surface area contributed by atoms with Gasteiger partial charge < -0.3 is 0 Å². The van der Waals surface area contributed by atoms with Crippen molar-refractivity contribution >= 4 is 0 Å². The van der Waals surface area contributed by atoms with Crippen molar-refractivity contribution in [2.24, 2.45) is 34.5 Å². The first kappa shape index (κ1) is 18.8. The predicted octanol–water partition coefficient (Wildman–Crippen LogP) is 0.868.